The highest BCUT2D eigenvalue weighted by atomic mass is 15.1. The number of aryl methyl sites for hydroxylation is 1. The maximum Gasteiger partial charge on any atom is 0.111 e. The lowest BCUT2D eigenvalue weighted by atomic mass is 10.2. The van der Waals surface area contributed by atoms with Crippen LogP contribution in [-0.4, -0.2) is 15.6 Å². The van der Waals surface area contributed by atoms with Crippen LogP contribution >= 0.6 is 0 Å². The van der Waals surface area contributed by atoms with Crippen LogP contribution < -0.4 is 5.73 Å². The Morgan fingerprint density at radius 1 is 1.43 bits per heavy atom. The number of nitrogens with zero attached hydrogens (tertiary/aromatic N) is 2. The van der Waals surface area contributed by atoms with Gasteiger partial charge in [-0.1, -0.05) is 12.1 Å². The number of aromatic nitrogens is 2. The van der Waals surface area contributed by atoms with Gasteiger partial charge in [0.2, 0.25) is 0 Å². The SMILES string of the molecule is CC(N)Cc1nc2ccccc2n1C. The van der Waals surface area contributed by atoms with Gasteiger partial charge in [-0.2, -0.15) is 0 Å². The van der Waals surface area contributed by atoms with Gasteiger partial charge >= 0.3 is 0 Å². The Hall–Kier alpha value is -1.35. The van der Waals surface area contributed by atoms with Crippen LogP contribution in [0.25, 0.3) is 11.0 Å². The number of imidazole rings is 1. The molecule has 0 radical (unpaired) electrons. The number of hydrogen-bond acceptors (Lipinski definition) is 2. The van der Waals surface area contributed by atoms with Crippen LogP contribution in [0.1, 0.15) is 12.7 Å². The second kappa shape index (κ2) is 3.42. The van der Waals surface area contributed by atoms with Crippen molar-refractivity contribution in [3.63, 3.8) is 0 Å². The molecule has 2 aromatic rings. The average Bonchev–Trinajstić information content (AvgIpc) is 2.44. The number of fused-ring (bicyclic) bond motifs is 1. The summed E-state index contributed by atoms with van der Waals surface area (Å²) in [6, 6.07) is 8.29. The first-order valence-corrected chi connectivity index (χ1v) is 4.84. The zero-order valence-corrected chi connectivity index (χ0v) is 8.57. The zero-order valence-electron chi connectivity index (χ0n) is 8.57. The predicted octanol–water partition coefficient (Wildman–Crippen LogP) is 1.46. The van der Waals surface area contributed by atoms with Crippen molar-refractivity contribution in [3.8, 4) is 0 Å². The summed E-state index contributed by atoms with van der Waals surface area (Å²) in [4.78, 5) is 4.54. The lowest BCUT2D eigenvalue weighted by molar-refractivity contribution is 0.678. The Bertz CT molecular complexity index is 443. The zero-order chi connectivity index (χ0) is 10.1. The first-order chi connectivity index (χ1) is 6.68. The lowest BCUT2D eigenvalue weighted by Gasteiger charge is -2.04. The fourth-order valence-electron chi connectivity index (χ4n) is 1.67. The van der Waals surface area contributed by atoms with Gasteiger partial charge in [0.05, 0.1) is 11.0 Å². The molecule has 1 atom stereocenters. The molecule has 14 heavy (non-hydrogen) atoms. The highest BCUT2D eigenvalue weighted by molar-refractivity contribution is 5.75. The summed E-state index contributed by atoms with van der Waals surface area (Å²) in [5.74, 6) is 1.06. The molecule has 3 nitrogen and oxygen atoms in total. The third-order valence-electron chi connectivity index (χ3n) is 2.38. The topological polar surface area (TPSA) is 43.8 Å². The van der Waals surface area contributed by atoms with E-state index < -0.39 is 0 Å². The number of hydrogen-bond donors (Lipinski definition) is 1. The van der Waals surface area contributed by atoms with Gasteiger partial charge in [-0.3, -0.25) is 0 Å². The molecule has 0 spiro atoms. The van der Waals surface area contributed by atoms with Gasteiger partial charge in [0, 0.05) is 19.5 Å². The molecule has 3 heteroatoms. The van der Waals surface area contributed by atoms with Gasteiger partial charge in [0.25, 0.3) is 0 Å². The van der Waals surface area contributed by atoms with E-state index >= 15 is 0 Å². The van der Waals surface area contributed by atoms with Gasteiger partial charge < -0.3 is 10.3 Å². The van der Waals surface area contributed by atoms with E-state index in [1.807, 2.05) is 32.2 Å². The van der Waals surface area contributed by atoms with Crippen molar-refractivity contribution >= 4 is 11.0 Å². The van der Waals surface area contributed by atoms with Crippen LogP contribution in [0.15, 0.2) is 24.3 Å². The van der Waals surface area contributed by atoms with E-state index in [2.05, 4.69) is 15.6 Å². The molecule has 0 saturated heterocycles. The highest BCUT2D eigenvalue weighted by Gasteiger charge is 2.07. The summed E-state index contributed by atoms with van der Waals surface area (Å²) in [6.45, 7) is 2.00. The molecule has 0 aliphatic heterocycles. The summed E-state index contributed by atoms with van der Waals surface area (Å²) in [7, 11) is 2.03. The molecule has 0 amide bonds. The molecule has 0 fully saturated rings. The Morgan fingerprint density at radius 3 is 2.79 bits per heavy atom. The van der Waals surface area contributed by atoms with Crippen LogP contribution in [-0.2, 0) is 13.5 Å². The summed E-state index contributed by atoms with van der Waals surface area (Å²) in [5, 5.41) is 0. The maximum absolute atomic E-state index is 5.76. The Labute approximate surface area is 83.6 Å². The van der Waals surface area contributed by atoms with Crippen LogP contribution in [0.2, 0.25) is 0 Å². The van der Waals surface area contributed by atoms with Gasteiger partial charge in [-0.25, -0.2) is 4.98 Å². The normalized spacial score (nSPS) is 13.4. The van der Waals surface area contributed by atoms with Crippen molar-refractivity contribution in [1.82, 2.24) is 9.55 Å². The quantitative estimate of drug-likeness (QED) is 0.777. The highest BCUT2D eigenvalue weighted by Crippen LogP contribution is 2.14. The first-order valence-electron chi connectivity index (χ1n) is 4.84. The van der Waals surface area contributed by atoms with Crippen LogP contribution in [0.4, 0.5) is 0 Å². The number of nitrogens with two attached hydrogens (primary N) is 1. The molecule has 0 bridgehead atoms. The summed E-state index contributed by atoms with van der Waals surface area (Å²) in [6.07, 6.45) is 0.825. The standard InChI is InChI=1S/C11H15N3/c1-8(12)7-11-13-9-5-3-4-6-10(9)14(11)2/h3-6,8H,7,12H2,1-2H3. The molecule has 1 aromatic carbocycles. The minimum Gasteiger partial charge on any atom is -0.331 e. The van der Waals surface area contributed by atoms with Gasteiger partial charge in [-0.05, 0) is 19.1 Å². The maximum atomic E-state index is 5.76. The second-order valence-corrected chi connectivity index (χ2v) is 3.76. The molecule has 0 aliphatic carbocycles. The number of para-hydroxylation sites is 2. The van der Waals surface area contributed by atoms with E-state index in [1.54, 1.807) is 0 Å². The molecule has 74 valence electrons. The largest absolute Gasteiger partial charge is 0.331 e. The van der Waals surface area contributed by atoms with E-state index in [0.29, 0.717) is 0 Å². The minimum atomic E-state index is 0.158. The van der Waals surface area contributed by atoms with E-state index in [9.17, 15) is 0 Å². The molecule has 2 N–H and O–H groups in total. The predicted molar refractivity (Wildman–Crippen MR) is 58.1 cm³/mol. The van der Waals surface area contributed by atoms with Crippen LogP contribution in [0, 0.1) is 0 Å². The summed E-state index contributed by atoms with van der Waals surface area (Å²) >= 11 is 0. The van der Waals surface area contributed by atoms with Crippen molar-refractivity contribution in [2.75, 3.05) is 0 Å². The molecular formula is C11H15N3. The van der Waals surface area contributed by atoms with Crippen LogP contribution in [0.3, 0.4) is 0 Å². The van der Waals surface area contributed by atoms with E-state index in [1.165, 1.54) is 5.52 Å². The Morgan fingerprint density at radius 2 is 2.14 bits per heavy atom. The smallest absolute Gasteiger partial charge is 0.111 e. The minimum absolute atomic E-state index is 0.158. The lowest BCUT2D eigenvalue weighted by Crippen LogP contribution is -2.19. The van der Waals surface area contributed by atoms with Crippen molar-refractivity contribution < 1.29 is 0 Å². The molecule has 1 heterocycles. The molecule has 1 aromatic heterocycles. The van der Waals surface area contributed by atoms with Gasteiger partial charge in [0.1, 0.15) is 5.82 Å². The molecule has 0 saturated carbocycles. The monoisotopic (exact) mass is 189 g/mol. The summed E-state index contributed by atoms with van der Waals surface area (Å²) < 4.78 is 2.11. The fraction of sp³-hybridized carbons (Fsp3) is 0.364. The number of rotatable bonds is 2. The molecule has 0 aliphatic rings. The van der Waals surface area contributed by atoms with Gasteiger partial charge in [-0.15, -0.1) is 0 Å². The van der Waals surface area contributed by atoms with Crippen molar-refractivity contribution in [2.45, 2.75) is 19.4 Å². The molecule has 1 unspecified atom stereocenters. The third-order valence-corrected chi connectivity index (χ3v) is 2.38. The van der Waals surface area contributed by atoms with Gasteiger partial charge in [0.15, 0.2) is 0 Å². The van der Waals surface area contributed by atoms with Crippen LogP contribution in [0.5, 0.6) is 0 Å². The second-order valence-electron chi connectivity index (χ2n) is 3.76. The number of benzene rings is 1. The molecular weight excluding hydrogens is 174 g/mol. The van der Waals surface area contributed by atoms with Crippen molar-refractivity contribution in [2.24, 2.45) is 12.8 Å². The van der Waals surface area contributed by atoms with E-state index in [4.69, 9.17) is 5.73 Å². The van der Waals surface area contributed by atoms with E-state index in [-0.39, 0.29) is 6.04 Å². The van der Waals surface area contributed by atoms with Crippen molar-refractivity contribution in [3.05, 3.63) is 30.1 Å². The first kappa shape index (κ1) is 9.21. The Kier molecular flexibility index (Phi) is 2.25. The summed E-state index contributed by atoms with van der Waals surface area (Å²) in [5.41, 5.74) is 7.98. The average molecular weight is 189 g/mol. The molecule has 2 rings (SSSR count). The van der Waals surface area contributed by atoms with Crippen molar-refractivity contribution in [1.29, 1.82) is 0 Å². The Balaban J connectivity index is 2.51. The third kappa shape index (κ3) is 1.51. The van der Waals surface area contributed by atoms with E-state index in [0.717, 1.165) is 17.8 Å². The fourth-order valence-corrected chi connectivity index (χ4v) is 1.67.